The Morgan fingerprint density at radius 2 is 2.08 bits per heavy atom. The number of nitriles is 1. The summed E-state index contributed by atoms with van der Waals surface area (Å²) >= 11 is 3.23. The molecule has 0 N–H and O–H groups in total. The van der Waals surface area contributed by atoms with E-state index < -0.39 is 0 Å². The van der Waals surface area contributed by atoms with E-state index in [9.17, 15) is 4.79 Å². The summed E-state index contributed by atoms with van der Waals surface area (Å²) < 4.78 is 7.11. The average molecular weight is 383 g/mol. The van der Waals surface area contributed by atoms with E-state index in [0.29, 0.717) is 24.3 Å². The van der Waals surface area contributed by atoms with E-state index in [-0.39, 0.29) is 17.0 Å². The number of hydrogen-bond donors (Lipinski definition) is 0. The molecule has 0 bridgehead atoms. The Hall–Kier alpha value is -2.34. The van der Waals surface area contributed by atoms with Gasteiger partial charge in [-0.15, -0.1) is 0 Å². The highest BCUT2D eigenvalue weighted by molar-refractivity contribution is 9.09. The van der Waals surface area contributed by atoms with Crippen LogP contribution in [0.2, 0.25) is 0 Å². The lowest BCUT2D eigenvalue weighted by atomic mass is 10.1. The first-order valence-corrected chi connectivity index (χ1v) is 8.67. The van der Waals surface area contributed by atoms with Gasteiger partial charge in [-0.3, -0.25) is 4.79 Å². The highest BCUT2D eigenvalue weighted by Gasteiger charge is 2.18. The van der Waals surface area contributed by atoms with Crippen LogP contribution in [0, 0.1) is 36.0 Å². The van der Waals surface area contributed by atoms with E-state index in [1.54, 1.807) is 12.1 Å². The predicted octanol–water partition coefficient (Wildman–Crippen LogP) is 3.23. The molecule has 1 aliphatic rings. The number of ketones is 1. The third kappa shape index (κ3) is 3.14. The second-order valence-electron chi connectivity index (χ2n) is 5.58. The number of Topliss-reactive ketones (excluding diaryl/α,β-unsaturated/α-hetero) is 1. The van der Waals surface area contributed by atoms with Crippen molar-refractivity contribution in [2.24, 2.45) is 5.92 Å². The van der Waals surface area contributed by atoms with E-state index in [1.807, 2.05) is 29.7 Å². The first-order chi connectivity index (χ1) is 11.6. The summed E-state index contributed by atoms with van der Waals surface area (Å²) in [6.07, 6.45) is 0. The Morgan fingerprint density at radius 1 is 1.38 bits per heavy atom. The number of aromatic nitrogens is 1. The fraction of sp³-hybridized carbons (Fsp3) is 0.263. The normalized spacial score (nSPS) is 13.5. The van der Waals surface area contributed by atoms with Gasteiger partial charge < -0.3 is 9.30 Å². The van der Waals surface area contributed by atoms with E-state index in [4.69, 9.17) is 10.00 Å². The first kappa shape index (κ1) is 16.5. The van der Waals surface area contributed by atoms with Crippen LogP contribution in [-0.4, -0.2) is 28.9 Å². The van der Waals surface area contributed by atoms with Gasteiger partial charge in [0, 0.05) is 16.9 Å². The molecule has 1 fully saturated rings. The quantitative estimate of drug-likeness (QED) is 0.465. The molecule has 24 heavy (non-hydrogen) atoms. The minimum absolute atomic E-state index is 0.0231. The number of benzene rings is 1. The van der Waals surface area contributed by atoms with Crippen molar-refractivity contribution in [2.75, 3.05) is 18.5 Å². The minimum atomic E-state index is 0.0231. The smallest absolute Gasteiger partial charge is 0.175 e. The van der Waals surface area contributed by atoms with E-state index in [1.165, 1.54) is 0 Å². The fourth-order valence-electron chi connectivity index (χ4n) is 2.57. The van der Waals surface area contributed by atoms with Gasteiger partial charge in [0.2, 0.25) is 0 Å². The molecule has 0 radical (unpaired) electrons. The van der Waals surface area contributed by atoms with Gasteiger partial charge in [-0.25, -0.2) is 0 Å². The highest BCUT2D eigenvalue weighted by atomic mass is 79.9. The first-order valence-electron chi connectivity index (χ1n) is 7.55. The maximum atomic E-state index is 12.2. The molecule has 1 aromatic heterocycles. The summed E-state index contributed by atoms with van der Waals surface area (Å²) in [5.74, 6) is 6.65. The Kier molecular flexibility index (Phi) is 4.85. The standard InChI is InChI=1S/C19H15BrN2O2/c1-13-18(19(23)9-20)8-17(7-4-15-11-24-12-15)22(13)16-5-2-14(10-21)3-6-16/h2-3,5-6,8,15H,9,11-12H2,1H3. The largest absolute Gasteiger partial charge is 0.379 e. The van der Waals surface area contributed by atoms with Crippen LogP contribution >= 0.6 is 15.9 Å². The molecule has 120 valence electrons. The number of carbonyl (C=O) groups excluding carboxylic acids is 1. The Balaban J connectivity index is 2.09. The molecule has 4 nitrogen and oxygen atoms in total. The van der Waals surface area contributed by atoms with Crippen LogP contribution in [0.5, 0.6) is 0 Å². The number of hydrogen-bond acceptors (Lipinski definition) is 3. The van der Waals surface area contributed by atoms with Crippen molar-refractivity contribution in [1.29, 1.82) is 5.26 Å². The fourth-order valence-corrected chi connectivity index (χ4v) is 2.87. The third-order valence-electron chi connectivity index (χ3n) is 3.97. The topological polar surface area (TPSA) is 55.0 Å². The van der Waals surface area contributed by atoms with Crippen LogP contribution in [0.1, 0.15) is 27.3 Å². The molecular formula is C19H15BrN2O2. The summed E-state index contributed by atoms with van der Waals surface area (Å²) in [6.45, 7) is 3.24. The van der Waals surface area contributed by atoms with Crippen LogP contribution in [0.3, 0.4) is 0 Å². The summed E-state index contributed by atoms with van der Waals surface area (Å²) in [5.41, 5.74) is 3.76. The van der Waals surface area contributed by atoms with Crippen LogP contribution in [0.25, 0.3) is 5.69 Å². The molecule has 2 heterocycles. The van der Waals surface area contributed by atoms with Crippen molar-refractivity contribution in [1.82, 2.24) is 4.57 Å². The second-order valence-corrected chi connectivity index (χ2v) is 6.14. The van der Waals surface area contributed by atoms with Gasteiger partial charge in [-0.05, 0) is 43.2 Å². The van der Waals surface area contributed by atoms with Gasteiger partial charge in [-0.2, -0.15) is 5.26 Å². The van der Waals surface area contributed by atoms with Gasteiger partial charge in [0.25, 0.3) is 0 Å². The number of ether oxygens (including phenoxy) is 1. The van der Waals surface area contributed by atoms with Gasteiger partial charge >= 0.3 is 0 Å². The van der Waals surface area contributed by atoms with Crippen molar-refractivity contribution < 1.29 is 9.53 Å². The Labute approximate surface area is 149 Å². The molecule has 2 aromatic rings. The van der Waals surface area contributed by atoms with E-state index >= 15 is 0 Å². The average Bonchev–Trinajstić information content (AvgIpc) is 2.89. The van der Waals surface area contributed by atoms with Crippen LogP contribution < -0.4 is 0 Å². The van der Waals surface area contributed by atoms with Gasteiger partial charge in [0.15, 0.2) is 5.78 Å². The number of carbonyl (C=O) groups is 1. The lowest BCUT2D eigenvalue weighted by molar-refractivity contribution is -0.00301. The lowest BCUT2D eigenvalue weighted by Gasteiger charge is -2.20. The maximum absolute atomic E-state index is 12.2. The van der Waals surface area contributed by atoms with Crippen molar-refractivity contribution in [3.8, 4) is 23.6 Å². The van der Waals surface area contributed by atoms with E-state index in [0.717, 1.165) is 17.1 Å². The summed E-state index contributed by atoms with van der Waals surface area (Å²) in [4.78, 5) is 12.2. The Morgan fingerprint density at radius 3 is 2.62 bits per heavy atom. The summed E-state index contributed by atoms with van der Waals surface area (Å²) in [7, 11) is 0. The molecule has 1 saturated heterocycles. The molecule has 5 heteroatoms. The van der Waals surface area contributed by atoms with Crippen LogP contribution in [0.15, 0.2) is 30.3 Å². The molecule has 1 aliphatic heterocycles. The van der Waals surface area contributed by atoms with Gasteiger partial charge in [-0.1, -0.05) is 21.9 Å². The summed E-state index contributed by atoms with van der Waals surface area (Å²) in [6, 6.07) is 11.2. The second kappa shape index (κ2) is 7.05. The number of nitrogens with zero attached hydrogens (tertiary/aromatic N) is 2. The lowest BCUT2D eigenvalue weighted by Crippen LogP contribution is -2.25. The number of rotatable bonds is 3. The molecule has 0 saturated carbocycles. The zero-order chi connectivity index (χ0) is 17.1. The molecule has 0 amide bonds. The molecular weight excluding hydrogens is 368 g/mol. The predicted molar refractivity (Wildman–Crippen MR) is 94.5 cm³/mol. The van der Waals surface area contributed by atoms with Crippen LogP contribution in [0.4, 0.5) is 0 Å². The molecule has 1 aromatic carbocycles. The van der Waals surface area contributed by atoms with Crippen LogP contribution in [-0.2, 0) is 4.74 Å². The monoisotopic (exact) mass is 382 g/mol. The zero-order valence-electron chi connectivity index (χ0n) is 13.2. The van der Waals surface area contributed by atoms with E-state index in [2.05, 4.69) is 33.8 Å². The number of alkyl halides is 1. The molecule has 0 unspecified atom stereocenters. The van der Waals surface area contributed by atoms with Crippen molar-refractivity contribution >= 4 is 21.7 Å². The molecule has 0 aliphatic carbocycles. The van der Waals surface area contributed by atoms with Gasteiger partial charge in [0.1, 0.15) is 0 Å². The van der Waals surface area contributed by atoms with Gasteiger partial charge in [0.05, 0.1) is 41.8 Å². The minimum Gasteiger partial charge on any atom is -0.379 e. The SMILES string of the molecule is Cc1c(C(=O)CBr)cc(C#CC2COC2)n1-c1ccc(C#N)cc1. The molecule has 0 atom stereocenters. The number of halogens is 1. The maximum Gasteiger partial charge on any atom is 0.175 e. The highest BCUT2D eigenvalue weighted by Crippen LogP contribution is 2.22. The summed E-state index contributed by atoms with van der Waals surface area (Å²) in [5, 5.41) is 9.23. The van der Waals surface area contributed by atoms with Crippen molar-refractivity contribution in [3.63, 3.8) is 0 Å². The van der Waals surface area contributed by atoms with Crippen molar-refractivity contribution in [2.45, 2.75) is 6.92 Å². The molecule has 3 rings (SSSR count). The Bertz CT molecular complexity index is 875. The van der Waals surface area contributed by atoms with Crippen molar-refractivity contribution in [3.05, 3.63) is 52.8 Å². The molecule has 0 spiro atoms. The third-order valence-corrected chi connectivity index (χ3v) is 4.48. The zero-order valence-corrected chi connectivity index (χ0v) is 14.8.